The highest BCUT2D eigenvalue weighted by atomic mass is 79.9. The van der Waals surface area contributed by atoms with E-state index in [1.807, 2.05) is 44.2 Å². The number of nitrogens with zero attached hydrogens (tertiary/aromatic N) is 2. The van der Waals surface area contributed by atoms with Crippen LogP contribution < -0.4 is 33.8 Å². The number of fused-ring (bicyclic) bond motifs is 1. The van der Waals surface area contributed by atoms with Crippen LogP contribution in [0.1, 0.15) is 49.1 Å². The number of hydrogen-bond donors (Lipinski definition) is 0. The van der Waals surface area contributed by atoms with E-state index in [9.17, 15) is 14.4 Å². The number of hydrogen-bond acceptors (Lipinski definition) is 11. The minimum absolute atomic E-state index is 0.138. The van der Waals surface area contributed by atoms with Gasteiger partial charge in [-0.15, -0.1) is 0 Å². The predicted octanol–water partition coefficient (Wildman–Crippen LogP) is 5.41. The Morgan fingerprint density at radius 3 is 2.38 bits per heavy atom. The van der Waals surface area contributed by atoms with Gasteiger partial charge in [0.2, 0.25) is 0 Å². The summed E-state index contributed by atoms with van der Waals surface area (Å²) in [5.74, 6) is 0.508. The third-order valence-electron chi connectivity index (χ3n) is 7.73. The van der Waals surface area contributed by atoms with Crippen LogP contribution in [0, 0.1) is 6.92 Å². The Bertz CT molecular complexity index is 2120. The van der Waals surface area contributed by atoms with Crippen molar-refractivity contribution >= 4 is 45.3 Å². The fraction of sp³-hybridized carbons (Fsp3) is 0.297. The van der Waals surface area contributed by atoms with E-state index in [1.165, 1.54) is 23.0 Å². The van der Waals surface area contributed by atoms with E-state index in [2.05, 4.69) is 20.9 Å². The lowest BCUT2D eigenvalue weighted by molar-refractivity contribution is -0.143. The number of carbonyl (C=O) groups is 2. The van der Waals surface area contributed by atoms with Crippen LogP contribution >= 0.6 is 27.3 Å². The number of allylic oxidation sites excluding steroid dienone is 1. The molecule has 0 unspecified atom stereocenters. The van der Waals surface area contributed by atoms with Crippen LogP contribution in [-0.2, 0) is 25.7 Å². The Balaban J connectivity index is 1.58. The summed E-state index contributed by atoms with van der Waals surface area (Å²) in [7, 11) is 2.83. The zero-order valence-corrected chi connectivity index (χ0v) is 30.9. The standard InChI is InChI=1S/C37H37BrN2O9S/c1-7-46-28-18-25(13-14-27(28)48-20-31(41)45-6)33-32(36(43)47-8-2)22(4)39-37-40(33)35(42)30(50-37)17-24-15-26(38)34(29(16-24)44-5)49-19-23-11-9-21(3)10-12-23/h9-18,33H,7-8,19-20H2,1-6H3/b30-17-/t33-/m1/s1. The van der Waals surface area contributed by atoms with Crippen molar-refractivity contribution in [2.24, 2.45) is 4.99 Å². The smallest absolute Gasteiger partial charge is 0.343 e. The van der Waals surface area contributed by atoms with Crippen molar-refractivity contribution < 1.29 is 38.0 Å². The zero-order valence-electron chi connectivity index (χ0n) is 28.5. The molecule has 1 aliphatic rings. The van der Waals surface area contributed by atoms with Crippen molar-refractivity contribution in [3.05, 3.63) is 112 Å². The average Bonchev–Trinajstić information content (AvgIpc) is 3.40. The summed E-state index contributed by atoms with van der Waals surface area (Å²) in [6, 6.07) is 15.9. The van der Waals surface area contributed by atoms with Gasteiger partial charge in [0.15, 0.2) is 34.4 Å². The Labute approximate surface area is 301 Å². The van der Waals surface area contributed by atoms with Crippen LogP contribution in [0.25, 0.3) is 6.08 Å². The number of ether oxygens (including phenoxy) is 6. The molecule has 11 nitrogen and oxygen atoms in total. The number of carbonyl (C=O) groups excluding carboxylic acids is 2. The molecule has 0 saturated carbocycles. The predicted molar refractivity (Wildman–Crippen MR) is 192 cm³/mol. The maximum absolute atomic E-state index is 14.2. The molecule has 50 heavy (non-hydrogen) atoms. The van der Waals surface area contributed by atoms with Gasteiger partial charge < -0.3 is 28.4 Å². The Morgan fingerprint density at radius 2 is 1.70 bits per heavy atom. The first-order valence-electron chi connectivity index (χ1n) is 15.8. The SMILES string of the molecule is CCOC(=O)C1=C(C)N=c2s/c(=C\c3cc(Br)c(OCc4ccc(C)cc4)c(OC)c3)c(=O)n2[C@@H]1c1ccc(OCC(=O)OC)c(OCC)c1. The van der Waals surface area contributed by atoms with E-state index in [-0.39, 0.29) is 24.3 Å². The number of aromatic nitrogens is 1. The molecule has 1 aliphatic heterocycles. The van der Waals surface area contributed by atoms with Gasteiger partial charge in [0.1, 0.15) is 6.61 Å². The second-order valence-corrected chi connectivity index (χ2v) is 13.0. The maximum atomic E-state index is 14.2. The van der Waals surface area contributed by atoms with E-state index >= 15 is 0 Å². The summed E-state index contributed by atoms with van der Waals surface area (Å²) in [6.45, 7) is 7.73. The summed E-state index contributed by atoms with van der Waals surface area (Å²) in [6.07, 6.45) is 1.75. The number of rotatable bonds is 13. The summed E-state index contributed by atoms with van der Waals surface area (Å²) in [4.78, 5) is 44.5. The molecule has 13 heteroatoms. The van der Waals surface area contributed by atoms with Gasteiger partial charge >= 0.3 is 11.9 Å². The summed E-state index contributed by atoms with van der Waals surface area (Å²) in [5, 5.41) is 0. The highest BCUT2D eigenvalue weighted by Crippen LogP contribution is 2.38. The highest BCUT2D eigenvalue weighted by Gasteiger charge is 2.34. The highest BCUT2D eigenvalue weighted by molar-refractivity contribution is 9.10. The molecule has 3 aromatic carbocycles. The van der Waals surface area contributed by atoms with Crippen LogP contribution in [-0.4, -0.2) is 50.5 Å². The van der Waals surface area contributed by atoms with Crippen molar-refractivity contribution in [3.8, 4) is 23.0 Å². The summed E-state index contributed by atoms with van der Waals surface area (Å²) >= 11 is 4.82. The summed E-state index contributed by atoms with van der Waals surface area (Å²) in [5.41, 5.74) is 3.70. The van der Waals surface area contributed by atoms with Gasteiger partial charge in [-0.05, 0) is 90.7 Å². The van der Waals surface area contributed by atoms with E-state index in [0.717, 1.165) is 11.1 Å². The largest absolute Gasteiger partial charge is 0.493 e. The third-order valence-corrected chi connectivity index (χ3v) is 9.30. The maximum Gasteiger partial charge on any atom is 0.343 e. The fourth-order valence-corrected chi connectivity index (χ4v) is 6.96. The molecule has 0 radical (unpaired) electrons. The van der Waals surface area contributed by atoms with Crippen molar-refractivity contribution in [1.82, 2.24) is 4.57 Å². The van der Waals surface area contributed by atoms with Gasteiger partial charge in [0.05, 0.1) is 53.8 Å². The number of thiazole rings is 1. The molecule has 1 atom stereocenters. The minimum atomic E-state index is -0.889. The molecule has 5 rings (SSSR count). The first-order chi connectivity index (χ1) is 24.1. The van der Waals surface area contributed by atoms with Crippen LogP contribution in [0.3, 0.4) is 0 Å². The van der Waals surface area contributed by atoms with Crippen LogP contribution in [0.4, 0.5) is 0 Å². The first kappa shape index (κ1) is 36.4. The second-order valence-electron chi connectivity index (χ2n) is 11.1. The molecule has 0 fully saturated rings. The number of benzene rings is 3. The average molecular weight is 766 g/mol. The number of aryl methyl sites for hydroxylation is 1. The van der Waals surface area contributed by atoms with Gasteiger partial charge in [-0.25, -0.2) is 14.6 Å². The summed E-state index contributed by atoms with van der Waals surface area (Å²) < 4.78 is 35.9. The monoisotopic (exact) mass is 764 g/mol. The Morgan fingerprint density at radius 1 is 0.940 bits per heavy atom. The van der Waals surface area contributed by atoms with E-state index in [1.54, 1.807) is 51.3 Å². The van der Waals surface area contributed by atoms with E-state index < -0.39 is 18.0 Å². The molecule has 0 N–H and O–H groups in total. The molecular weight excluding hydrogens is 728 g/mol. The minimum Gasteiger partial charge on any atom is -0.493 e. The number of halogens is 1. The van der Waals surface area contributed by atoms with E-state index in [4.69, 9.17) is 28.4 Å². The topological polar surface area (TPSA) is 124 Å². The van der Waals surface area contributed by atoms with Crippen molar-refractivity contribution in [2.75, 3.05) is 34.0 Å². The van der Waals surface area contributed by atoms with E-state index in [0.29, 0.717) is 66.8 Å². The molecule has 0 aliphatic carbocycles. The molecule has 0 amide bonds. The fourth-order valence-electron chi connectivity index (χ4n) is 5.34. The lowest BCUT2D eigenvalue weighted by atomic mass is 9.95. The molecule has 262 valence electrons. The lowest BCUT2D eigenvalue weighted by Crippen LogP contribution is -2.40. The van der Waals surface area contributed by atoms with Crippen LogP contribution in [0.2, 0.25) is 0 Å². The van der Waals surface area contributed by atoms with Crippen molar-refractivity contribution in [3.63, 3.8) is 0 Å². The molecule has 0 spiro atoms. The molecular formula is C37H37BrN2O9S. The van der Waals surface area contributed by atoms with Gasteiger partial charge in [-0.2, -0.15) is 0 Å². The van der Waals surface area contributed by atoms with Gasteiger partial charge in [0, 0.05) is 0 Å². The zero-order chi connectivity index (χ0) is 35.9. The third kappa shape index (κ3) is 7.95. The van der Waals surface area contributed by atoms with Crippen LogP contribution in [0.15, 0.2) is 80.1 Å². The van der Waals surface area contributed by atoms with Gasteiger partial charge in [-0.3, -0.25) is 9.36 Å². The number of methoxy groups -OCH3 is 2. The van der Waals surface area contributed by atoms with Gasteiger partial charge in [-0.1, -0.05) is 47.2 Å². The number of esters is 2. The lowest BCUT2D eigenvalue weighted by Gasteiger charge is -2.25. The van der Waals surface area contributed by atoms with Crippen molar-refractivity contribution in [1.29, 1.82) is 0 Å². The molecule has 4 aromatic rings. The molecule has 2 heterocycles. The first-order valence-corrected chi connectivity index (χ1v) is 17.4. The Hall–Kier alpha value is -4.88. The molecule has 0 saturated heterocycles. The van der Waals surface area contributed by atoms with Crippen molar-refractivity contribution in [2.45, 2.75) is 40.3 Å². The van der Waals surface area contributed by atoms with Crippen LogP contribution in [0.5, 0.6) is 23.0 Å². The second kappa shape index (κ2) is 16.2. The quantitative estimate of drug-likeness (QED) is 0.165. The molecule has 1 aromatic heterocycles. The Kier molecular flexibility index (Phi) is 11.8. The van der Waals surface area contributed by atoms with Gasteiger partial charge in [0.25, 0.3) is 5.56 Å². The molecule has 0 bridgehead atoms. The normalized spacial score (nSPS) is 14.1.